The number of para-hydroxylation sites is 1. The Morgan fingerprint density at radius 3 is 1.71 bits per heavy atom. The molecule has 0 saturated carbocycles. The van der Waals surface area contributed by atoms with Gasteiger partial charge in [0.2, 0.25) is 0 Å². The molecule has 0 amide bonds. The molecule has 1 aliphatic carbocycles. The molecule has 7 aromatic rings. The van der Waals surface area contributed by atoms with Crippen LogP contribution in [0.1, 0.15) is 44.5 Å². The number of methoxy groups -OCH3 is 2. The van der Waals surface area contributed by atoms with Gasteiger partial charge in [-0.3, -0.25) is 0 Å². The lowest BCUT2D eigenvalue weighted by Gasteiger charge is -2.35. The number of aliphatic imine (C=N–C) groups is 1. The van der Waals surface area contributed by atoms with Gasteiger partial charge >= 0.3 is 0 Å². The van der Waals surface area contributed by atoms with Crippen molar-refractivity contribution < 1.29 is 9.47 Å². The Morgan fingerprint density at radius 2 is 1.08 bits per heavy atom. The zero-order valence-electron chi connectivity index (χ0n) is 28.7. The summed E-state index contributed by atoms with van der Waals surface area (Å²) < 4.78 is 12.1. The van der Waals surface area contributed by atoms with E-state index in [2.05, 4.69) is 133 Å². The first-order valence-corrected chi connectivity index (χ1v) is 17.2. The first kappa shape index (κ1) is 31.8. The Labute approximate surface area is 299 Å². The third kappa shape index (κ3) is 5.74. The van der Waals surface area contributed by atoms with Crippen molar-refractivity contribution in [3.8, 4) is 22.6 Å². The van der Waals surface area contributed by atoms with E-state index in [1.54, 1.807) is 14.2 Å². The minimum atomic E-state index is -0.635. The van der Waals surface area contributed by atoms with Gasteiger partial charge < -0.3 is 9.47 Å². The highest BCUT2D eigenvalue weighted by molar-refractivity contribution is 6.01. The molecule has 8 rings (SSSR count). The maximum absolute atomic E-state index is 6.09. The van der Waals surface area contributed by atoms with Crippen LogP contribution in [0.2, 0.25) is 0 Å². The van der Waals surface area contributed by atoms with E-state index in [1.165, 1.54) is 33.4 Å². The zero-order chi connectivity index (χ0) is 34.6. The smallest absolute Gasteiger partial charge is 0.127 e. The second kappa shape index (κ2) is 13.8. The first-order chi connectivity index (χ1) is 25.2. The van der Waals surface area contributed by atoms with Crippen molar-refractivity contribution >= 4 is 17.1 Å². The number of rotatable bonds is 9. The molecule has 0 fully saturated rings. The van der Waals surface area contributed by atoms with Crippen LogP contribution in [-0.2, 0) is 11.8 Å². The van der Waals surface area contributed by atoms with E-state index in [0.29, 0.717) is 0 Å². The fourth-order valence-electron chi connectivity index (χ4n) is 7.63. The second-order valence-electron chi connectivity index (χ2n) is 12.7. The molecule has 0 aromatic heterocycles. The molecule has 7 aromatic carbocycles. The zero-order valence-corrected chi connectivity index (χ0v) is 28.7. The molecule has 1 aliphatic rings. The van der Waals surface area contributed by atoms with Gasteiger partial charge in [0, 0.05) is 12.0 Å². The van der Waals surface area contributed by atoms with E-state index in [1.807, 2.05) is 48.5 Å². The molecule has 0 saturated heterocycles. The van der Waals surface area contributed by atoms with E-state index in [9.17, 15) is 0 Å². The summed E-state index contributed by atoms with van der Waals surface area (Å²) >= 11 is 0. The van der Waals surface area contributed by atoms with Gasteiger partial charge in [-0.2, -0.15) is 0 Å². The predicted molar refractivity (Wildman–Crippen MR) is 209 cm³/mol. The molecule has 0 radical (unpaired) electrons. The van der Waals surface area contributed by atoms with E-state index < -0.39 is 5.41 Å². The first-order valence-electron chi connectivity index (χ1n) is 17.2. The quantitative estimate of drug-likeness (QED) is 0.144. The van der Waals surface area contributed by atoms with E-state index in [0.717, 1.165) is 51.4 Å². The normalized spacial score (nSPS) is 12.3. The lowest BCUT2D eigenvalue weighted by Crippen LogP contribution is -2.29. The van der Waals surface area contributed by atoms with Crippen molar-refractivity contribution in [2.75, 3.05) is 14.2 Å². The van der Waals surface area contributed by atoms with Crippen molar-refractivity contribution in [1.82, 2.24) is 0 Å². The highest BCUT2D eigenvalue weighted by atomic mass is 16.5. The summed E-state index contributed by atoms with van der Waals surface area (Å²) in [7, 11) is 3.48. The van der Waals surface area contributed by atoms with E-state index >= 15 is 0 Å². The van der Waals surface area contributed by atoms with Crippen LogP contribution in [-0.4, -0.2) is 20.1 Å². The maximum Gasteiger partial charge on any atom is 0.127 e. The molecular formula is C48H37NO2. The van der Waals surface area contributed by atoms with Gasteiger partial charge in [0.1, 0.15) is 11.5 Å². The molecule has 0 spiro atoms. The third-order valence-corrected chi connectivity index (χ3v) is 9.92. The molecule has 0 heterocycles. The van der Waals surface area contributed by atoms with Crippen molar-refractivity contribution in [2.45, 2.75) is 11.8 Å². The number of hydrogen-bond donors (Lipinski definition) is 0. The fourth-order valence-corrected chi connectivity index (χ4v) is 7.63. The lowest BCUT2D eigenvalue weighted by molar-refractivity contribution is 0.410. The molecule has 3 nitrogen and oxygen atoms in total. The van der Waals surface area contributed by atoms with Gasteiger partial charge in [-0.05, 0) is 86.3 Å². The van der Waals surface area contributed by atoms with Crippen LogP contribution in [0.25, 0.3) is 16.7 Å². The summed E-state index contributed by atoms with van der Waals surface area (Å²) in [5.41, 5.74) is 12.6. The minimum Gasteiger partial charge on any atom is -0.496 e. The summed E-state index contributed by atoms with van der Waals surface area (Å²) in [6.45, 7) is 0. The largest absolute Gasteiger partial charge is 0.496 e. The van der Waals surface area contributed by atoms with Crippen LogP contribution >= 0.6 is 0 Å². The Balaban J connectivity index is 1.43. The Kier molecular flexibility index (Phi) is 8.64. The van der Waals surface area contributed by atoms with Crippen LogP contribution in [0.3, 0.4) is 0 Å². The Bertz CT molecular complexity index is 2350. The van der Waals surface area contributed by atoms with Gasteiger partial charge in [0.15, 0.2) is 0 Å². The van der Waals surface area contributed by atoms with Crippen LogP contribution in [0, 0.1) is 0 Å². The summed E-state index contributed by atoms with van der Waals surface area (Å²) in [4.78, 5) is 4.82. The monoisotopic (exact) mass is 659 g/mol. The molecule has 51 heavy (non-hydrogen) atoms. The molecule has 0 unspecified atom stereocenters. The van der Waals surface area contributed by atoms with Gasteiger partial charge in [-0.25, -0.2) is 4.99 Å². The topological polar surface area (TPSA) is 30.8 Å². The average Bonchev–Trinajstić information content (AvgIpc) is 3.50. The average molecular weight is 660 g/mol. The van der Waals surface area contributed by atoms with E-state index in [4.69, 9.17) is 14.5 Å². The fraction of sp³-hybridized carbons (Fsp3) is 0.0833. The maximum atomic E-state index is 6.09. The van der Waals surface area contributed by atoms with Crippen molar-refractivity contribution in [3.05, 3.63) is 220 Å². The highest BCUT2D eigenvalue weighted by Gasteiger charge is 2.46. The summed E-state index contributed by atoms with van der Waals surface area (Å²) in [6, 6.07) is 61.8. The summed E-state index contributed by atoms with van der Waals surface area (Å²) in [5.74, 6) is 5.07. The Hall–Kier alpha value is -6.41. The molecule has 246 valence electrons. The van der Waals surface area contributed by atoms with Crippen LogP contribution < -0.4 is 9.47 Å². The molecule has 0 atom stereocenters. The second-order valence-corrected chi connectivity index (χ2v) is 12.7. The molecule has 0 N–H and O–H groups in total. The number of benzene rings is 7. The van der Waals surface area contributed by atoms with Crippen LogP contribution in [0.4, 0.5) is 5.69 Å². The molecule has 0 aliphatic heterocycles. The number of nitrogens with zero attached hydrogens (tertiary/aromatic N) is 1. The van der Waals surface area contributed by atoms with Crippen LogP contribution in [0.15, 0.2) is 181 Å². The lowest BCUT2D eigenvalue weighted by atomic mass is 9.67. The Morgan fingerprint density at radius 1 is 0.549 bits per heavy atom. The van der Waals surface area contributed by atoms with Gasteiger partial charge in [0.25, 0.3) is 0 Å². The summed E-state index contributed by atoms with van der Waals surface area (Å²) in [5, 5.41) is 0. The van der Waals surface area contributed by atoms with Crippen molar-refractivity contribution in [2.24, 2.45) is 4.99 Å². The van der Waals surface area contributed by atoms with Gasteiger partial charge in [-0.15, -0.1) is 0 Å². The minimum absolute atomic E-state index is 0.635. The molecule has 3 heteroatoms. The van der Waals surface area contributed by atoms with Gasteiger partial charge in [-0.1, -0.05) is 146 Å². The van der Waals surface area contributed by atoms with Crippen LogP contribution in [0.5, 0.6) is 11.5 Å². The van der Waals surface area contributed by atoms with Gasteiger partial charge in [0.05, 0.1) is 30.9 Å². The molecule has 0 bridgehead atoms. The number of fused-ring (bicyclic) bond motifs is 3. The highest BCUT2D eigenvalue weighted by Crippen LogP contribution is 2.57. The SMILES string of the molecule is COc1ccc(C2(c3ccc(OC)c(C(=C=Nc4ccccc4)c4ccccc4)c3)c3ccccc3-c3ccccc32)cc1Cc1ccccc1. The standard InChI is InChI=1S/C48H37NO2/c1-50-46-28-26-37(31-36(46)30-34-16-6-3-7-17-34)48(44-24-14-12-22-40(44)41-23-13-15-25-45(41)48)38-27-29-47(51-2)42(32-38)43(35-18-8-4-9-19-35)33-49-39-20-10-5-11-21-39/h3-29,31-32H,30H2,1-2H3. The summed E-state index contributed by atoms with van der Waals surface area (Å²) in [6.07, 6.45) is 0.752. The van der Waals surface area contributed by atoms with Crippen molar-refractivity contribution in [1.29, 1.82) is 0 Å². The third-order valence-electron chi connectivity index (χ3n) is 9.92. The predicted octanol–water partition coefficient (Wildman–Crippen LogP) is 11.1. The van der Waals surface area contributed by atoms with E-state index in [-0.39, 0.29) is 0 Å². The molecular weight excluding hydrogens is 623 g/mol. The van der Waals surface area contributed by atoms with Crippen molar-refractivity contribution in [3.63, 3.8) is 0 Å². The number of hydrogen-bond acceptors (Lipinski definition) is 3. The number of ether oxygens (including phenoxy) is 2.